The smallest absolute Gasteiger partial charge is 0.325 e. The lowest BCUT2D eigenvalue weighted by molar-refractivity contribution is -0.138. The van der Waals surface area contributed by atoms with Crippen LogP contribution in [0.15, 0.2) is 0 Å². The summed E-state index contributed by atoms with van der Waals surface area (Å²) in [5.41, 5.74) is 2.27. The van der Waals surface area contributed by atoms with Crippen molar-refractivity contribution in [2.75, 3.05) is 0 Å². The molecule has 2 rings (SSSR count). The third-order valence-electron chi connectivity index (χ3n) is 3.38. The van der Waals surface area contributed by atoms with Gasteiger partial charge in [0.05, 0.1) is 0 Å². The Morgan fingerprint density at radius 3 is 2.63 bits per heavy atom. The van der Waals surface area contributed by atoms with Gasteiger partial charge < -0.3 is 15.4 Å². The van der Waals surface area contributed by atoms with Crippen molar-refractivity contribution >= 4 is 17.7 Å². The van der Waals surface area contributed by atoms with E-state index in [0.717, 1.165) is 18.5 Å². The number of carboxylic acids is 1. The molecule has 102 valence electrons. The SMILES string of the molecule is Cc1c(C(=O)N[C@H](C)C(=O)O)[nH]c2c1C(=O)CCC2. The van der Waals surface area contributed by atoms with E-state index in [1.54, 1.807) is 6.92 Å². The van der Waals surface area contributed by atoms with Gasteiger partial charge in [0.25, 0.3) is 5.91 Å². The molecular weight excluding hydrogens is 248 g/mol. The Morgan fingerprint density at radius 1 is 1.37 bits per heavy atom. The predicted octanol–water partition coefficient (Wildman–Crippen LogP) is 1.05. The highest BCUT2D eigenvalue weighted by atomic mass is 16.4. The van der Waals surface area contributed by atoms with Gasteiger partial charge in [-0.1, -0.05) is 0 Å². The summed E-state index contributed by atoms with van der Waals surface area (Å²) in [7, 11) is 0. The minimum absolute atomic E-state index is 0.0420. The molecule has 6 heteroatoms. The number of hydrogen-bond donors (Lipinski definition) is 3. The Bertz CT molecular complexity index is 559. The van der Waals surface area contributed by atoms with Crippen molar-refractivity contribution in [3.05, 3.63) is 22.5 Å². The molecule has 0 radical (unpaired) electrons. The normalized spacial score (nSPS) is 15.8. The highest BCUT2D eigenvalue weighted by Crippen LogP contribution is 2.26. The van der Waals surface area contributed by atoms with E-state index in [1.807, 2.05) is 0 Å². The van der Waals surface area contributed by atoms with Gasteiger partial charge in [-0.2, -0.15) is 0 Å². The topological polar surface area (TPSA) is 99.3 Å². The van der Waals surface area contributed by atoms with Crippen LogP contribution < -0.4 is 5.32 Å². The maximum absolute atomic E-state index is 12.0. The lowest BCUT2D eigenvalue weighted by Crippen LogP contribution is -2.38. The van der Waals surface area contributed by atoms with Crippen molar-refractivity contribution < 1.29 is 19.5 Å². The van der Waals surface area contributed by atoms with E-state index in [9.17, 15) is 14.4 Å². The number of aromatic nitrogens is 1. The second-order valence-electron chi connectivity index (χ2n) is 4.79. The third kappa shape index (κ3) is 2.38. The molecule has 0 fully saturated rings. The number of amides is 1. The number of nitrogens with one attached hydrogen (secondary N) is 2. The van der Waals surface area contributed by atoms with E-state index in [2.05, 4.69) is 10.3 Å². The first kappa shape index (κ1) is 13.3. The summed E-state index contributed by atoms with van der Waals surface area (Å²) in [6.07, 6.45) is 2.01. The van der Waals surface area contributed by atoms with Gasteiger partial charge in [-0.25, -0.2) is 0 Å². The molecule has 1 aliphatic rings. The number of aliphatic carboxylic acids is 1. The molecule has 0 spiro atoms. The minimum Gasteiger partial charge on any atom is -0.480 e. The Kier molecular flexibility index (Phi) is 3.42. The first-order valence-electron chi connectivity index (χ1n) is 6.20. The van der Waals surface area contributed by atoms with Gasteiger partial charge in [0.15, 0.2) is 5.78 Å². The van der Waals surface area contributed by atoms with Crippen molar-refractivity contribution in [2.45, 2.75) is 39.2 Å². The summed E-state index contributed by atoms with van der Waals surface area (Å²) < 4.78 is 0. The van der Waals surface area contributed by atoms with E-state index in [0.29, 0.717) is 17.5 Å². The van der Waals surface area contributed by atoms with Crippen molar-refractivity contribution in [1.82, 2.24) is 10.3 Å². The number of aromatic amines is 1. The van der Waals surface area contributed by atoms with Crippen LogP contribution in [0.3, 0.4) is 0 Å². The molecule has 1 aliphatic carbocycles. The Morgan fingerprint density at radius 2 is 2.05 bits per heavy atom. The summed E-state index contributed by atoms with van der Waals surface area (Å²) in [5.74, 6) is -1.55. The number of ketones is 1. The maximum Gasteiger partial charge on any atom is 0.325 e. The molecule has 6 nitrogen and oxygen atoms in total. The number of carboxylic acid groups (broad SMARTS) is 1. The standard InChI is InChI=1S/C13H16N2O4/c1-6-10-8(4-3-5-9(10)16)15-11(6)12(17)14-7(2)13(18)19/h7,15H,3-5H2,1-2H3,(H,14,17)(H,18,19)/t7-/m1/s1. The van der Waals surface area contributed by atoms with E-state index in [4.69, 9.17) is 5.11 Å². The highest BCUT2D eigenvalue weighted by molar-refractivity contribution is 6.04. The van der Waals surface area contributed by atoms with Gasteiger partial charge >= 0.3 is 5.97 Å². The summed E-state index contributed by atoms with van der Waals surface area (Å²) in [6.45, 7) is 3.10. The molecule has 0 bridgehead atoms. The van der Waals surface area contributed by atoms with Crippen LogP contribution in [0.1, 0.15) is 51.9 Å². The summed E-state index contributed by atoms with van der Waals surface area (Å²) in [5, 5.41) is 11.2. The Balaban J connectivity index is 2.29. The van der Waals surface area contributed by atoms with Crippen LogP contribution in [0.5, 0.6) is 0 Å². The van der Waals surface area contributed by atoms with Crippen molar-refractivity contribution in [2.24, 2.45) is 0 Å². The minimum atomic E-state index is -1.10. The van der Waals surface area contributed by atoms with Gasteiger partial charge in [-0.15, -0.1) is 0 Å². The average molecular weight is 264 g/mol. The molecule has 1 atom stereocenters. The van der Waals surface area contributed by atoms with Crippen molar-refractivity contribution in [3.63, 3.8) is 0 Å². The van der Waals surface area contributed by atoms with Gasteiger partial charge in [0.1, 0.15) is 11.7 Å². The van der Waals surface area contributed by atoms with Crippen molar-refractivity contribution in [3.8, 4) is 0 Å². The van der Waals surface area contributed by atoms with Crippen LogP contribution in [0, 0.1) is 6.92 Å². The number of aryl methyl sites for hydroxylation is 1. The fraction of sp³-hybridized carbons (Fsp3) is 0.462. The van der Waals surface area contributed by atoms with Gasteiger partial charge in [-0.3, -0.25) is 14.4 Å². The van der Waals surface area contributed by atoms with Gasteiger partial charge in [-0.05, 0) is 32.3 Å². The summed E-state index contributed by atoms with van der Waals surface area (Å²) in [4.78, 5) is 37.5. The number of rotatable bonds is 3. The summed E-state index contributed by atoms with van der Waals surface area (Å²) >= 11 is 0. The molecule has 1 amide bonds. The molecule has 1 aromatic rings. The van der Waals surface area contributed by atoms with E-state index in [1.165, 1.54) is 6.92 Å². The molecule has 0 unspecified atom stereocenters. The number of fused-ring (bicyclic) bond motifs is 1. The fourth-order valence-corrected chi connectivity index (χ4v) is 2.33. The monoisotopic (exact) mass is 264 g/mol. The molecule has 1 heterocycles. The number of H-pyrrole nitrogens is 1. The van der Waals surface area contributed by atoms with Crippen molar-refractivity contribution in [1.29, 1.82) is 0 Å². The molecule has 0 aromatic carbocycles. The zero-order chi connectivity index (χ0) is 14.2. The number of carbonyl (C=O) groups excluding carboxylic acids is 2. The Hall–Kier alpha value is -2.11. The zero-order valence-electron chi connectivity index (χ0n) is 10.9. The lowest BCUT2D eigenvalue weighted by Gasteiger charge is -2.09. The van der Waals surface area contributed by atoms with Gasteiger partial charge in [0.2, 0.25) is 0 Å². The molecule has 1 aromatic heterocycles. The van der Waals surface area contributed by atoms with Crippen LogP contribution in [-0.2, 0) is 11.2 Å². The second kappa shape index (κ2) is 4.87. The Labute approximate surface area is 110 Å². The van der Waals surface area contributed by atoms with Crippen LogP contribution in [0.2, 0.25) is 0 Å². The van der Waals surface area contributed by atoms with Crippen LogP contribution in [0.25, 0.3) is 0 Å². The summed E-state index contributed by atoms with van der Waals surface area (Å²) in [6, 6.07) is -0.970. The molecule has 3 N–H and O–H groups in total. The van der Waals surface area contributed by atoms with E-state index in [-0.39, 0.29) is 11.5 Å². The van der Waals surface area contributed by atoms with E-state index < -0.39 is 17.9 Å². The quantitative estimate of drug-likeness (QED) is 0.759. The maximum atomic E-state index is 12.0. The van der Waals surface area contributed by atoms with E-state index >= 15 is 0 Å². The fourth-order valence-electron chi connectivity index (χ4n) is 2.33. The number of carbonyl (C=O) groups is 3. The molecule has 0 aliphatic heterocycles. The predicted molar refractivity (Wildman–Crippen MR) is 67.4 cm³/mol. The molecule has 0 saturated carbocycles. The molecular formula is C13H16N2O4. The molecule has 19 heavy (non-hydrogen) atoms. The van der Waals surface area contributed by atoms with Crippen LogP contribution in [0.4, 0.5) is 0 Å². The third-order valence-corrected chi connectivity index (χ3v) is 3.38. The highest BCUT2D eigenvalue weighted by Gasteiger charge is 2.27. The van der Waals surface area contributed by atoms with Crippen LogP contribution >= 0.6 is 0 Å². The average Bonchev–Trinajstić information content (AvgIpc) is 2.68. The largest absolute Gasteiger partial charge is 0.480 e. The number of hydrogen-bond acceptors (Lipinski definition) is 3. The number of Topliss-reactive ketones (excluding diaryl/α,β-unsaturated/α-hetero) is 1. The van der Waals surface area contributed by atoms with Gasteiger partial charge in [0, 0.05) is 17.7 Å². The first-order valence-corrected chi connectivity index (χ1v) is 6.20. The second-order valence-corrected chi connectivity index (χ2v) is 4.79. The molecule has 0 saturated heterocycles. The lowest BCUT2D eigenvalue weighted by atomic mass is 9.94. The first-order chi connectivity index (χ1) is 8.91. The zero-order valence-corrected chi connectivity index (χ0v) is 10.9. The van der Waals surface area contributed by atoms with Crippen LogP contribution in [-0.4, -0.2) is 33.8 Å².